The standard InChI is InChI=1S/C21H21NO3/c1-21(2,3)16-9-7-15(8-10-16)19-22-18(20(23)25-19)13-14-5-11-17(24-4)12-6-14/h5-13H,1-4H3/b18-13+. The molecule has 0 spiro atoms. The molecule has 0 saturated heterocycles. The van der Waals surface area contributed by atoms with Gasteiger partial charge in [-0.2, -0.15) is 0 Å². The van der Waals surface area contributed by atoms with Crippen LogP contribution in [0.1, 0.15) is 37.5 Å². The summed E-state index contributed by atoms with van der Waals surface area (Å²) in [6.45, 7) is 6.47. The van der Waals surface area contributed by atoms with Crippen molar-refractivity contribution in [3.05, 3.63) is 70.9 Å². The molecular weight excluding hydrogens is 314 g/mol. The van der Waals surface area contributed by atoms with Crippen molar-refractivity contribution in [2.24, 2.45) is 4.99 Å². The molecular formula is C21H21NO3. The Morgan fingerprint density at radius 3 is 2.20 bits per heavy atom. The second-order valence-electron chi connectivity index (χ2n) is 6.94. The van der Waals surface area contributed by atoms with Crippen molar-refractivity contribution >= 4 is 17.9 Å². The van der Waals surface area contributed by atoms with Crippen LogP contribution in [-0.2, 0) is 14.9 Å². The van der Waals surface area contributed by atoms with E-state index in [2.05, 4.69) is 25.8 Å². The molecule has 25 heavy (non-hydrogen) atoms. The number of aliphatic imine (C=N–C) groups is 1. The number of ether oxygens (including phenoxy) is 2. The average Bonchev–Trinajstić information content (AvgIpc) is 2.96. The minimum atomic E-state index is -0.439. The van der Waals surface area contributed by atoms with Gasteiger partial charge in [-0.1, -0.05) is 45.0 Å². The smallest absolute Gasteiger partial charge is 0.363 e. The Kier molecular flexibility index (Phi) is 4.45. The fourth-order valence-electron chi connectivity index (χ4n) is 2.50. The zero-order chi connectivity index (χ0) is 18.0. The van der Waals surface area contributed by atoms with E-state index in [4.69, 9.17) is 9.47 Å². The van der Waals surface area contributed by atoms with Crippen LogP contribution in [0.2, 0.25) is 0 Å². The van der Waals surface area contributed by atoms with Crippen LogP contribution >= 0.6 is 0 Å². The molecule has 2 aromatic rings. The van der Waals surface area contributed by atoms with E-state index in [1.807, 2.05) is 48.5 Å². The zero-order valence-corrected chi connectivity index (χ0v) is 14.9. The van der Waals surface area contributed by atoms with Crippen LogP contribution < -0.4 is 4.74 Å². The first kappa shape index (κ1) is 17.0. The lowest BCUT2D eigenvalue weighted by molar-refractivity contribution is -0.129. The SMILES string of the molecule is COc1ccc(/C=C2/N=C(c3ccc(C(C)(C)C)cc3)OC2=O)cc1. The number of rotatable bonds is 3. The first-order valence-corrected chi connectivity index (χ1v) is 8.14. The third kappa shape index (κ3) is 3.79. The molecule has 1 heterocycles. The first-order valence-electron chi connectivity index (χ1n) is 8.14. The fraction of sp³-hybridized carbons (Fsp3) is 0.238. The average molecular weight is 335 g/mol. The maximum absolute atomic E-state index is 12.1. The molecule has 128 valence electrons. The molecule has 0 aliphatic carbocycles. The monoisotopic (exact) mass is 335 g/mol. The summed E-state index contributed by atoms with van der Waals surface area (Å²) in [6, 6.07) is 15.3. The van der Waals surface area contributed by atoms with E-state index in [0.29, 0.717) is 11.6 Å². The Bertz CT molecular complexity index is 838. The van der Waals surface area contributed by atoms with Crippen LogP contribution in [-0.4, -0.2) is 19.0 Å². The number of cyclic esters (lactones) is 1. The number of nitrogens with zero attached hydrogens (tertiary/aromatic N) is 1. The molecule has 0 saturated carbocycles. The van der Waals surface area contributed by atoms with E-state index in [-0.39, 0.29) is 5.41 Å². The summed E-state index contributed by atoms with van der Waals surface area (Å²) in [6.07, 6.45) is 1.71. The van der Waals surface area contributed by atoms with Gasteiger partial charge in [-0.15, -0.1) is 0 Å². The quantitative estimate of drug-likeness (QED) is 0.619. The molecule has 0 amide bonds. The maximum Gasteiger partial charge on any atom is 0.363 e. The molecule has 0 radical (unpaired) electrons. The van der Waals surface area contributed by atoms with Crippen molar-refractivity contribution < 1.29 is 14.3 Å². The molecule has 3 rings (SSSR count). The van der Waals surface area contributed by atoms with Gasteiger partial charge < -0.3 is 9.47 Å². The van der Waals surface area contributed by atoms with Crippen molar-refractivity contribution in [3.63, 3.8) is 0 Å². The van der Waals surface area contributed by atoms with Crippen molar-refractivity contribution in [2.75, 3.05) is 7.11 Å². The number of benzene rings is 2. The minimum absolute atomic E-state index is 0.0755. The van der Waals surface area contributed by atoms with Crippen molar-refractivity contribution in [1.82, 2.24) is 0 Å². The Hall–Kier alpha value is -2.88. The van der Waals surface area contributed by atoms with Crippen molar-refractivity contribution in [1.29, 1.82) is 0 Å². The predicted molar refractivity (Wildman–Crippen MR) is 98.7 cm³/mol. The minimum Gasteiger partial charge on any atom is -0.497 e. The summed E-state index contributed by atoms with van der Waals surface area (Å²) < 4.78 is 10.4. The molecule has 0 aromatic heterocycles. The second-order valence-corrected chi connectivity index (χ2v) is 6.94. The second kappa shape index (κ2) is 6.55. The molecule has 4 heteroatoms. The molecule has 0 N–H and O–H groups in total. The highest BCUT2D eigenvalue weighted by Crippen LogP contribution is 2.24. The summed E-state index contributed by atoms with van der Waals surface area (Å²) in [5.41, 5.74) is 3.24. The number of carbonyl (C=O) groups excluding carboxylic acids is 1. The molecule has 0 unspecified atom stereocenters. The van der Waals surface area contributed by atoms with Crippen LogP contribution in [0.25, 0.3) is 6.08 Å². The summed E-state index contributed by atoms with van der Waals surface area (Å²) >= 11 is 0. The number of hydrogen-bond acceptors (Lipinski definition) is 4. The van der Waals surface area contributed by atoms with Crippen molar-refractivity contribution in [2.45, 2.75) is 26.2 Å². The molecule has 0 fully saturated rings. The molecule has 0 bridgehead atoms. The lowest BCUT2D eigenvalue weighted by Gasteiger charge is -2.18. The Balaban J connectivity index is 1.85. The van der Waals surface area contributed by atoms with E-state index in [1.165, 1.54) is 5.56 Å². The van der Waals surface area contributed by atoms with Crippen LogP contribution in [0, 0.1) is 0 Å². The van der Waals surface area contributed by atoms with Gasteiger partial charge in [0.2, 0.25) is 5.90 Å². The third-order valence-electron chi connectivity index (χ3n) is 4.04. The molecule has 1 aliphatic heterocycles. The normalized spacial score (nSPS) is 15.9. The van der Waals surface area contributed by atoms with E-state index in [0.717, 1.165) is 16.9 Å². The Labute approximate surface area is 147 Å². The van der Waals surface area contributed by atoms with Crippen LogP contribution in [0.15, 0.2) is 59.2 Å². The summed E-state index contributed by atoms with van der Waals surface area (Å²) in [5, 5.41) is 0. The van der Waals surface area contributed by atoms with Gasteiger partial charge in [-0.25, -0.2) is 9.79 Å². The third-order valence-corrected chi connectivity index (χ3v) is 4.04. The predicted octanol–water partition coefficient (Wildman–Crippen LogP) is 4.34. The zero-order valence-electron chi connectivity index (χ0n) is 14.9. The molecule has 0 atom stereocenters. The fourth-order valence-corrected chi connectivity index (χ4v) is 2.50. The highest BCUT2D eigenvalue weighted by Gasteiger charge is 2.24. The number of esters is 1. The van der Waals surface area contributed by atoms with E-state index >= 15 is 0 Å². The Morgan fingerprint density at radius 1 is 1.00 bits per heavy atom. The van der Waals surface area contributed by atoms with Gasteiger partial charge in [0, 0.05) is 5.56 Å². The van der Waals surface area contributed by atoms with Gasteiger partial charge in [0.15, 0.2) is 5.70 Å². The van der Waals surface area contributed by atoms with Gasteiger partial charge in [0.05, 0.1) is 7.11 Å². The van der Waals surface area contributed by atoms with Gasteiger partial charge in [0.25, 0.3) is 0 Å². The molecule has 4 nitrogen and oxygen atoms in total. The van der Waals surface area contributed by atoms with Gasteiger partial charge in [-0.3, -0.25) is 0 Å². The van der Waals surface area contributed by atoms with E-state index < -0.39 is 5.97 Å². The van der Waals surface area contributed by atoms with Gasteiger partial charge >= 0.3 is 5.97 Å². The Morgan fingerprint density at radius 2 is 1.64 bits per heavy atom. The number of methoxy groups -OCH3 is 1. The first-order chi connectivity index (χ1) is 11.9. The van der Waals surface area contributed by atoms with Crippen LogP contribution in [0.4, 0.5) is 0 Å². The largest absolute Gasteiger partial charge is 0.497 e. The van der Waals surface area contributed by atoms with E-state index in [9.17, 15) is 4.79 Å². The lowest BCUT2D eigenvalue weighted by Crippen LogP contribution is -2.11. The summed E-state index contributed by atoms with van der Waals surface area (Å²) in [5.74, 6) is 0.662. The summed E-state index contributed by atoms with van der Waals surface area (Å²) in [7, 11) is 1.61. The number of hydrogen-bond donors (Lipinski definition) is 0. The van der Waals surface area contributed by atoms with Crippen molar-refractivity contribution in [3.8, 4) is 5.75 Å². The van der Waals surface area contributed by atoms with Crippen LogP contribution in [0.5, 0.6) is 5.75 Å². The highest BCUT2D eigenvalue weighted by atomic mass is 16.6. The number of carbonyl (C=O) groups is 1. The topological polar surface area (TPSA) is 47.9 Å². The maximum atomic E-state index is 12.1. The van der Waals surface area contributed by atoms with Gasteiger partial charge in [-0.05, 0) is 46.9 Å². The highest BCUT2D eigenvalue weighted by molar-refractivity contribution is 6.12. The van der Waals surface area contributed by atoms with E-state index in [1.54, 1.807) is 13.2 Å². The van der Waals surface area contributed by atoms with Gasteiger partial charge in [0.1, 0.15) is 5.75 Å². The lowest BCUT2D eigenvalue weighted by atomic mass is 9.87. The van der Waals surface area contributed by atoms with Crippen LogP contribution in [0.3, 0.4) is 0 Å². The molecule has 2 aromatic carbocycles. The summed E-state index contributed by atoms with van der Waals surface area (Å²) in [4.78, 5) is 16.4. The molecule has 1 aliphatic rings.